The smallest absolute Gasteiger partial charge is 0.313 e. The number of allylic oxidation sites excluding steroid dienone is 2. The number of ether oxygens (including phenoxy) is 1. The lowest BCUT2D eigenvalue weighted by molar-refractivity contribution is -0.145. The van der Waals surface area contributed by atoms with Gasteiger partial charge in [0.25, 0.3) is 0 Å². The minimum absolute atomic E-state index is 0.153. The molecule has 6 heteroatoms. The van der Waals surface area contributed by atoms with E-state index in [1.165, 1.54) is 7.11 Å². The highest BCUT2D eigenvalue weighted by Gasteiger charge is 2.38. The van der Waals surface area contributed by atoms with Gasteiger partial charge in [0.15, 0.2) is 0 Å². The van der Waals surface area contributed by atoms with Crippen LogP contribution in [0.2, 0.25) is 0 Å². The molecule has 1 N–H and O–H groups in total. The summed E-state index contributed by atoms with van der Waals surface area (Å²) in [5.74, 6) is -0.576. The van der Waals surface area contributed by atoms with Crippen molar-refractivity contribution in [1.82, 2.24) is 9.88 Å². The first kappa shape index (κ1) is 17.5. The number of likely N-dealkylation sites (tertiary alicyclic amines) is 1. The van der Waals surface area contributed by atoms with E-state index in [9.17, 15) is 9.59 Å². The van der Waals surface area contributed by atoms with Crippen molar-refractivity contribution >= 4 is 17.5 Å². The van der Waals surface area contributed by atoms with Crippen LogP contribution < -0.4 is 10.1 Å². The number of carbonyl (C=O) groups is 2. The zero-order chi connectivity index (χ0) is 17.9. The maximum absolute atomic E-state index is 12.6. The van der Waals surface area contributed by atoms with Crippen LogP contribution in [0, 0.1) is 12.3 Å². The Morgan fingerprint density at radius 3 is 2.80 bits per heavy atom. The number of nitrogens with zero attached hydrogens (tertiary/aromatic N) is 2. The van der Waals surface area contributed by atoms with Gasteiger partial charge in [-0.1, -0.05) is 12.2 Å². The molecule has 25 heavy (non-hydrogen) atoms. The van der Waals surface area contributed by atoms with Crippen LogP contribution in [0.25, 0.3) is 0 Å². The molecule has 2 aliphatic rings. The molecule has 1 spiro atoms. The summed E-state index contributed by atoms with van der Waals surface area (Å²) in [6, 6.07) is 3.37. The number of piperidine rings is 1. The summed E-state index contributed by atoms with van der Waals surface area (Å²) in [6.07, 6.45) is 9.66. The number of nitrogens with one attached hydrogen (secondary N) is 1. The lowest BCUT2D eigenvalue weighted by Crippen LogP contribution is -2.49. The van der Waals surface area contributed by atoms with Gasteiger partial charge >= 0.3 is 11.8 Å². The van der Waals surface area contributed by atoms with Gasteiger partial charge < -0.3 is 15.0 Å². The number of methoxy groups -OCH3 is 1. The van der Waals surface area contributed by atoms with E-state index >= 15 is 0 Å². The van der Waals surface area contributed by atoms with E-state index < -0.39 is 11.8 Å². The zero-order valence-electron chi connectivity index (χ0n) is 14.9. The van der Waals surface area contributed by atoms with Gasteiger partial charge in [0.2, 0.25) is 5.88 Å². The molecule has 0 radical (unpaired) electrons. The second-order valence-electron chi connectivity index (χ2n) is 6.99. The first-order valence-corrected chi connectivity index (χ1v) is 8.80. The van der Waals surface area contributed by atoms with Crippen LogP contribution in [0.4, 0.5) is 5.69 Å². The quantitative estimate of drug-likeness (QED) is 0.662. The molecule has 1 saturated heterocycles. The number of aromatic nitrogens is 1. The molecule has 0 unspecified atom stereocenters. The summed E-state index contributed by atoms with van der Waals surface area (Å²) in [5, 5.41) is 2.69. The lowest BCUT2D eigenvalue weighted by atomic mass is 9.71. The molecule has 0 saturated carbocycles. The summed E-state index contributed by atoms with van der Waals surface area (Å²) in [6.45, 7) is 3.09. The van der Waals surface area contributed by atoms with E-state index in [4.69, 9.17) is 4.74 Å². The summed E-state index contributed by atoms with van der Waals surface area (Å²) in [5.41, 5.74) is 1.31. The molecule has 1 aliphatic carbocycles. The summed E-state index contributed by atoms with van der Waals surface area (Å²) < 4.78 is 5.06. The molecule has 1 aromatic heterocycles. The van der Waals surface area contributed by atoms with Gasteiger partial charge in [0, 0.05) is 19.2 Å². The third-order valence-electron chi connectivity index (χ3n) is 5.22. The molecule has 0 aromatic carbocycles. The van der Waals surface area contributed by atoms with Gasteiger partial charge in [-0.3, -0.25) is 9.59 Å². The third kappa shape index (κ3) is 3.83. The van der Waals surface area contributed by atoms with Crippen LogP contribution in [0.1, 0.15) is 37.8 Å². The molecular formula is C19H25N3O3. The van der Waals surface area contributed by atoms with Crippen molar-refractivity contribution in [3.05, 3.63) is 30.0 Å². The largest absolute Gasteiger partial charge is 0.481 e. The van der Waals surface area contributed by atoms with E-state index in [1.807, 2.05) is 0 Å². The predicted octanol–water partition coefficient (Wildman–Crippen LogP) is 2.69. The summed E-state index contributed by atoms with van der Waals surface area (Å²) >= 11 is 0. The first-order chi connectivity index (χ1) is 12.0. The van der Waals surface area contributed by atoms with Gasteiger partial charge in [-0.15, -0.1) is 0 Å². The maximum Gasteiger partial charge on any atom is 0.313 e. The van der Waals surface area contributed by atoms with Crippen molar-refractivity contribution in [1.29, 1.82) is 0 Å². The summed E-state index contributed by atoms with van der Waals surface area (Å²) in [7, 11) is 1.54. The summed E-state index contributed by atoms with van der Waals surface area (Å²) in [4.78, 5) is 31.0. The maximum atomic E-state index is 12.6. The third-order valence-corrected chi connectivity index (χ3v) is 5.22. The van der Waals surface area contributed by atoms with E-state index in [1.54, 1.807) is 24.0 Å². The number of aryl methyl sites for hydroxylation is 1. The standard InChI is InChI=1S/C19H25N3O3/c1-14-15(7-8-16(20-14)25-2)21-17(23)18(24)22-12-6-11-19(13-22)9-4-3-5-10-19/h3-4,7-8H,5-6,9-13H2,1-2H3,(H,21,23)/t19-/m0/s1. The topological polar surface area (TPSA) is 71.5 Å². The van der Waals surface area contributed by atoms with Gasteiger partial charge in [-0.2, -0.15) is 0 Å². The average molecular weight is 343 g/mol. The van der Waals surface area contributed by atoms with Gasteiger partial charge in [-0.05, 0) is 50.5 Å². The van der Waals surface area contributed by atoms with Crippen LogP contribution in [0.5, 0.6) is 5.88 Å². The second kappa shape index (κ2) is 7.25. The monoisotopic (exact) mass is 343 g/mol. The first-order valence-electron chi connectivity index (χ1n) is 8.80. The fourth-order valence-electron chi connectivity index (χ4n) is 3.80. The molecule has 2 amide bonds. The molecule has 1 atom stereocenters. The van der Waals surface area contributed by atoms with E-state index in [0.717, 1.165) is 32.1 Å². The Bertz CT molecular complexity index is 701. The lowest BCUT2D eigenvalue weighted by Gasteiger charge is -2.43. The fourth-order valence-corrected chi connectivity index (χ4v) is 3.80. The molecule has 2 heterocycles. The average Bonchev–Trinajstić information content (AvgIpc) is 2.63. The number of amides is 2. The highest BCUT2D eigenvalue weighted by molar-refractivity contribution is 6.39. The molecule has 134 valence electrons. The van der Waals surface area contributed by atoms with Crippen molar-refractivity contribution in [3.63, 3.8) is 0 Å². The Hall–Kier alpha value is -2.37. The van der Waals surface area contributed by atoms with Gasteiger partial charge in [0.05, 0.1) is 18.5 Å². The highest BCUT2D eigenvalue weighted by Crippen LogP contribution is 2.40. The van der Waals surface area contributed by atoms with Crippen LogP contribution in [-0.2, 0) is 9.59 Å². The van der Waals surface area contributed by atoms with Crippen molar-refractivity contribution in [2.24, 2.45) is 5.41 Å². The molecular weight excluding hydrogens is 318 g/mol. The number of rotatable bonds is 2. The Labute approximate surface area is 148 Å². The SMILES string of the molecule is COc1ccc(NC(=O)C(=O)N2CCC[C@@]3(CC=CCC3)C2)c(C)n1. The molecule has 1 aromatic rings. The van der Waals surface area contributed by atoms with Crippen LogP contribution in [-0.4, -0.2) is 41.9 Å². The Kier molecular flexibility index (Phi) is 5.06. The number of hydrogen-bond donors (Lipinski definition) is 1. The zero-order valence-corrected chi connectivity index (χ0v) is 14.9. The van der Waals surface area contributed by atoms with Gasteiger partial charge in [-0.25, -0.2) is 4.98 Å². The van der Waals surface area contributed by atoms with Crippen molar-refractivity contribution in [3.8, 4) is 5.88 Å². The van der Waals surface area contributed by atoms with E-state index in [-0.39, 0.29) is 5.41 Å². The Morgan fingerprint density at radius 2 is 2.12 bits per heavy atom. The van der Waals surface area contributed by atoms with Crippen LogP contribution in [0.3, 0.4) is 0 Å². The number of anilines is 1. The highest BCUT2D eigenvalue weighted by atomic mass is 16.5. The Morgan fingerprint density at radius 1 is 1.28 bits per heavy atom. The van der Waals surface area contributed by atoms with Crippen LogP contribution >= 0.6 is 0 Å². The molecule has 3 rings (SSSR count). The van der Waals surface area contributed by atoms with Crippen molar-refractivity contribution in [2.45, 2.75) is 39.0 Å². The molecule has 0 bridgehead atoms. The van der Waals surface area contributed by atoms with E-state index in [2.05, 4.69) is 22.5 Å². The predicted molar refractivity (Wildman–Crippen MR) is 95.4 cm³/mol. The molecule has 1 fully saturated rings. The number of hydrogen-bond acceptors (Lipinski definition) is 4. The number of carbonyl (C=O) groups excluding carboxylic acids is 2. The van der Waals surface area contributed by atoms with Crippen molar-refractivity contribution in [2.75, 3.05) is 25.5 Å². The van der Waals surface area contributed by atoms with Crippen LogP contribution in [0.15, 0.2) is 24.3 Å². The number of pyridine rings is 1. The molecule has 6 nitrogen and oxygen atoms in total. The minimum Gasteiger partial charge on any atom is -0.481 e. The van der Waals surface area contributed by atoms with Crippen molar-refractivity contribution < 1.29 is 14.3 Å². The fraction of sp³-hybridized carbons (Fsp3) is 0.526. The van der Waals surface area contributed by atoms with E-state index in [0.29, 0.717) is 30.4 Å². The normalized spacial score (nSPS) is 22.7. The molecule has 1 aliphatic heterocycles. The minimum atomic E-state index is -0.599. The second-order valence-corrected chi connectivity index (χ2v) is 6.99. The Balaban J connectivity index is 1.66. The van der Waals surface area contributed by atoms with Gasteiger partial charge in [0.1, 0.15) is 0 Å².